The van der Waals surface area contributed by atoms with Crippen molar-refractivity contribution in [1.82, 2.24) is 4.98 Å². The third kappa shape index (κ3) is 1.30. The van der Waals surface area contributed by atoms with E-state index in [9.17, 15) is 0 Å². The van der Waals surface area contributed by atoms with Gasteiger partial charge < -0.3 is 4.42 Å². The molecular weight excluding hydrogens is 198 g/mol. The molecule has 0 aliphatic carbocycles. The Hall–Kier alpha value is -1.83. The number of fused-ring (bicyclic) bond motifs is 3. The summed E-state index contributed by atoms with van der Waals surface area (Å²) in [6.45, 7) is 4.37. The quantitative estimate of drug-likeness (QED) is 0.605. The molecule has 0 aliphatic heterocycles. The van der Waals surface area contributed by atoms with Gasteiger partial charge in [-0.3, -0.25) is 4.98 Å². The van der Waals surface area contributed by atoms with Crippen LogP contribution in [-0.4, -0.2) is 4.98 Å². The van der Waals surface area contributed by atoms with E-state index < -0.39 is 0 Å². The molecule has 2 heterocycles. The van der Waals surface area contributed by atoms with Crippen molar-refractivity contribution in [3.63, 3.8) is 0 Å². The summed E-state index contributed by atoms with van der Waals surface area (Å²) in [7, 11) is 0. The maximum Gasteiger partial charge on any atom is 0.153 e. The first kappa shape index (κ1) is 9.40. The monoisotopic (exact) mass is 211 g/mol. The third-order valence-electron chi connectivity index (χ3n) is 2.97. The topological polar surface area (TPSA) is 26.0 Å². The summed E-state index contributed by atoms with van der Waals surface area (Å²) in [5.41, 5.74) is 3.12. The first-order valence-corrected chi connectivity index (χ1v) is 5.52. The lowest BCUT2D eigenvalue weighted by molar-refractivity contribution is 0.665. The van der Waals surface area contributed by atoms with Crippen LogP contribution in [0.3, 0.4) is 0 Å². The van der Waals surface area contributed by atoms with Gasteiger partial charge in [0.25, 0.3) is 0 Å². The van der Waals surface area contributed by atoms with Gasteiger partial charge in [-0.25, -0.2) is 0 Å². The predicted molar refractivity (Wildman–Crippen MR) is 65.6 cm³/mol. The molecule has 2 aromatic heterocycles. The van der Waals surface area contributed by atoms with Crippen LogP contribution < -0.4 is 0 Å². The van der Waals surface area contributed by atoms with Crippen LogP contribution in [0.25, 0.3) is 21.9 Å². The first-order valence-electron chi connectivity index (χ1n) is 5.52. The van der Waals surface area contributed by atoms with Crippen molar-refractivity contribution in [2.75, 3.05) is 0 Å². The van der Waals surface area contributed by atoms with Crippen molar-refractivity contribution >= 4 is 21.9 Å². The molecule has 0 saturated heterocycles. The van der Waals surface area contributed by atoms with Gasteiger partial charge in [-0.15, -0.1) is 0 Å². The number of hydrogen-bond acceptors (Lipinski definition) is 2. The van der Waals surface area contributed by atoms with Crippen LogP contribution in [0.15, 0.2) is 41.1 Å². The molecule has 0 unspecified atom stereocenters. The van der Waals surface area contributed by atoms with Gasteiger partial charge in [0.2, 0.25) is 0 Å². The molecule has 1 aromatic carbocycles. The molecular formula is C14H13NO. The lowest BCUT2D eigenvalue weighted by Crippen LogP contribution is -1.84. The van der Waals surface area contributed by atoms with Crippen molar-refractivity contribution in [2.24, 2.45) is 0 Å². The fourth-order valence-corrected chi connectivity index (χ4v) is 2.01. The number of furan rings is 1. The Bertz CT molecular complexity index is 652. The molecule has 2 heteroatoms. The first-order chi connectivity index (χ1) is 7.75. The second-order valence-corrected chi connectivity index (χ2v) is 4.38. The van der Waals surface area contributed by atoms with E-state index in [4.69, 9.17) is 4.42 Å². The lowest BCUT2D eigenvalue weighted by atomic mass is 10.0. The average molecular weight is 211 g/mol. The molecule has 0 aliphatic rings. The van der Waals surface area contributed by atoms with Gasteiger partial charge in [-0.05, 0) is 23.6 Å². The van der Waals surface area contributed by atoms with E-state index in [0.717, 1.165) is 16.6 Å². The maximum absolute atomic E-state index is 5.78. The van der Waals surface area contributed by atoms with Gasteiger partial charge in [0, 0.05) is 17.0 Å². The Labute approximate surface area is 93.9 Å². The van der Waals surface area contributed by atoms with E-state index in [1.54, 1.807) is 12.4 Å². The Balaban J connectivity index is 2.37. The van der Waals surface area contributed by atoms with E-state index >= 15 is 0 Å². The summed E-state index contributed by atoms with van der Waals surface area (Å²) < 4.78 is 5.78. The smallest absolute Gasteiger partial charge is 0.153 e. The zero-order valence-corrected chi connectivity index (χ0v) is 9.40. The van der Waals surface area contributed by atoms with E-state index in [1.807, 2.05) is 6.07 Å². The Kier molecular flexibility index (Phi) is 1.96. The Morgan fingerprint density at radius 2 is 1.88 bits per heavy atom. The highest BCUT2D eigenvalue weighted by Gasteiger charge is 2.08. The van der Waals surface area contributed by atoms with Crippen LogP contribution in [-0.2, 0) is 0 Å². The molecule has 0 spiro atoms. The van der Waals surface area contributed by atoms with Crippen LogP contribution >= 0.6 is 0 Å². The van der Waals surface area contributed by atoms with Crippen molar-refractivity contribution in [3.05, 3.63) is 42.2 Å². The van der Waals surface area contributed by atoms with Gasteiger partial charge in [0.15, 0.2) is 5.58 Å². The van der Waals surface area contributed by atoms with E-state index in [-0.39, 0.29) is 0 Å². The molecule has 0 radical (unpaired) electrons. The minimum atomic E-state index is 0.524. The Morgan fingerprint density at radius 1 is 1.06 bits per heavy atom. The highest BCUT2D eigenvalue weighted by molar-refractivity contribution is 6.04. The fraction of sp³-hybridized carbons (Fsp3) is 0.214. The number of aromatic nitrogens is 1. The number of hydrogen-bond donors (Lipinski definition) is 0. The molecule has 0 amide bonds. The molecule has 0 atom stereocenters. The second-order valence-electron chi connectivity index (χ2n) is 4.38. The average Bonchev–Trinajstić information content (AvgIpc) is 2.66. The molecule has 80 valence electrons. The molecule has 0 fully saturated rings. The third-order valence-corrected chi connectivity index (χ3v) is 2.97. The van der Waals surface area contributed by atoms with Crippen LogP contribution in [0.4, 0.5) is 0 Å². The molecule has 2 nitrogen and oxygen atoms in total. The SMILES string of the molecule is CC(C)c1ccc2c(c1)oc1cnccc12. The van der Waals surface area contributed by atoms with Crippen molar-refractivity contribution in [2.45, 2.75) is 19.8 Å². The highest BCUT2D eigenvalue weighted by atomic mass is 16.3. The number of pyridine rings is 1. The molecule has 16 heavy (non-hydrogen) atoms. The van der Waals surface area contributed by atoms with Gasteiger partial charge in [0.1, 0.15) is 5.58 Å². The molecule has 3 aromatic rings. The largest absolute Gasteiger partial charge is 0.454 e. The summed E-state index contributed by atoms with van der Waals surface area (Å²) in [6.07, 6.45) is 3.57. The Morgan fingerprint density at radius 3 is 2.69 bits per heavy atom. The van der Waals surface area contributed by atoms with Crippen LogP contribution in [0.1, 0.15) is 25.3 Å². The molecule has 0 bridgehead atoms. The minimum Gasteiger partial charge on any atom is -0.454 e. The summed E-state index contributed by atoms with van der Waals surface area (Å²) in [5.74, 6) is 0.524. The van der Waals surface area contributed by atoms with Gasteiger partial charge in [0.05, 0.1) is 6.20 Å². The molecule has 3 rings (SSSR count). The van der Waals surface area contributed by atoms with Crippen molar-refractivity contribution in [3.8, 4) is 0 Å². The van der Waals surface area contributed by atoms with E-state index in [2.05, 4.69) is 37.0 Å². The maximum atomic E-state index is 5.78. The molecule has 0 N–H and O–H groups in total. The predicted octanol–water partition coefficient (Wildman–Crippen LogP) is 4.10. The van der Waals surface area contributed by atoms with Crippen molar-refractivity contribution < 1.29 is 4.42 Å². The molecule has 0 saturated carbocycles. The zero-order chi connectivity index (χ0) is 11.1. The van der Waals surface area contributed by atoms with Crippen molar-refractivity contribution in [1.29, 1.82) is 0 Å². The zero-order valence-electron chi connectivity index (χ0n) is 9.40. The van der Waals surface area contributed by atoms with E-state index in [0.29, 0.717) is 5.92 Å². The highest BCUT2D eigenvalue weighted by Crippen LogP contribution is 2.30. The number of rotatable bonds is 1. The summed E-state index contributed by atoms with van der Waals surface area (Å²) >= 11 is 0. The minimum absolute atomic E-state index is 0.524. The van der Waals surface area contributed by atoms with Crippen LogP contribution in [0.2, 0.25) is 0 Å². The number of benzene rings is 1. The van der Waals surface area contributed by atoms with Crippen LogP contribution in [0.5, 0.6) is 0 Å². The van der Waals surface area contributed by atoms with Gasteiger partial charge in [-0.2, -0.15) is 0 Å². The summed E-state index contributed by atoms with van der Waals surface area (Å²) in [6, 6.07) is 8.43. The summed E-state index contributed by atoms with van der Waals surface area (Å²) in [5, 5.41) is 2.31. The van der Waals surface area contributed by atoms with Gasteiger partial charge >= 0.3 is 0 Å². The standard InChI is InChI=1S/C14H13NO/c1-9(2)10-3-4-11-12-5-6-15-8-14(12)16-13(11)7-10/h3-9H,1-2H3. The summed E-state index contributed by atoms with van der Waals surface area (Å²) in [4.78, 5) is 4.07. The second kappa shape index (κ2) is 3.34. The fourth-order valence-electron chi connectivity index (χ4n) is 2.01. The van der Waals surface area contributed by atoms with Crippen LogP contribution in [0, 0.1) is 0 Å². The van der Waals surface area contributed by atoms with E-state index in [1.165, 1.54) is 10.9 Å². The number of nitrogens with zero attached hydrogens (tertiary/aromatic N) is 1. The lowest BCUT2D eigenvalue weighted by Gasteiger charge is -2.03. The van der Waals surface area contributed by atoms with Gasteiger partial charge in [-0.1, -0.05) is 26.0 Å². The normalized spacial score (nSPS) is 11.7.